The first kappa shape index (κ1) is 13.8. The second-order valence-corrected chi connectivity index (χ2v) is 6.00. The maximum atomic E-state index is 12.2. The van der Waals surface area contributed by atoms with Crippen molar-refractivity contribution in [1.29, 1.82) is 0 Å². The molecule has 19 heavy (non-hydrogen) atoms. The second kappa shape index (κ2) is 5.59. The van der Waals surface area contributed by atoms with E-state index in [-0.39, 0.29) is 9.92 Å². The van der Waals surface area contributed by atoms with Crippen LogP contribution in [0.1, 0.15) is 12.5 Å². The molecule has 100 valence electrons. The van der Waals surface area contributed by atoms with Crippen molar-refractivity contribution in [2.45, 2.75) is 18.2 Å². The number of aryl methyl sites for hydroxylation is 1. The summed E-state index contributed by atoms with van der Waals surface area (Å²) in [5, 5.41) is 0.182. The normalized spacial score (nSPS) is 11.3. The van der Waals surface area contributed by atoms with Crippen molar-refractivity contribution >= 4 is 27.4 Å². The van der Waals surface area contributed by atoms with E-state index in [0.29, 0.717) is 5.82 Å². The molecule has 0 spiro atoms. The molecule has 0 aliphatic heterocycles. The van der Waals surface area contributed by atoms with E-state index in [1.807, 2.05) is 13.0 Å². The summed E-state index contributed by atoms with van der Waals surface area (Å²) in [7, 11) is -3.71. The Bertz CT molecular complexity index is 687. The van der Waals surface area contributed by atoms with Crippen molar-refractivity contribution in [2.24, 2.45) is 0 Å². The molecule has 0 aliphatic carbocycles. The fourth-order valence-corrected chi connectivity index (χ4v) is 3.13. The van der Waals surface area contributed by atoms with Gasteiger partial charge in [0.2, 0.25) is 0 Å². The van der Waals surface area contributed by atoms with Gasteiger partial charge in [0.25, 0.3) is 10.0 Å². The number of nitrogens with one attached hydrogen (secondary N) is 1. The van der Waals surface area contributed by atoms with E-state index in [4.69, 9.17) is 11.6 Å². The standard InChI is InChI=1S/C13H13ClN2O2S/c1-2-10-7-8-15-13(9-10)16-19(17,18)12-6-4-3-5-11(12)14/h3-9H,2H2,1H3,(H,15,16). The summed E-state index contributed by atoms with van der Waals surface area (Å²) in [4.78, 5) is 4.04. The van der Waals surface area contributed by atoms with Crippen molar-refractivity contribution in [3.05, 3.63) is 53.2 Å². The van der Waals surface area contributed by atoms with Crippen LogP contribution in [0, 0.1) is 0 Å². The Kier molecular flexibility index (Phi) is 4.07. The van der Waals surface area contributed by atoms with Crippen molar-refractivity contribution in [1.82, 2.24) is 4.98 Å². The van der Waals surface area contributed by atoms with Gasteiger partial charge in [0.05, 0.1) is 5.02 Å². The molecule has 2 rings (SSSR count). The highest BCUT2D eigenvalue weighted by Gasteiger charge is 2.17. The lowest BCUT2D eigenvalue weighted by Crippen LogP contribution is -2.14. The van der Waals surface area contributed by atoms with Crippen LogP contribution >= 0.6 is 11.6 Å². The van der Waals surface area contributed by atoms with Crippen LogP contribution in [-0.4, -0.2) is 13.4 Å². The monoisotopic (exact) mass is 296 g/mol. The van der Waals surface area contributed by atoms with Gasteiger partial charge in [-0.15, -0.1) is 0 Å². The van der Waals surface area contributed by atoms with Crippen LogP contribution in [0.15, 0.2) is 47.5 Å². The third-order valence-corrected chi connectivity index (χ3v) is 4.45. The first-order valence-corrected chi connectivity index (χ1v) is 7.61. The summed E-state index contributed by atoms with van der Waals surface area (Å²) in [6, 6.07) is 9.83. The van der Waals surface area contributed by atoms with Gasteiger partial charge in [-0.2, -0.15) is 0 Å². The number of nitrogens with zero attached hydrogens (tertiary/aromatic N) is 1. The van der Waals surface area contributed by atoms with E-state index in [9.17, 15) is 8.42 Å². The van der Waals surface area contributed by atoms with Gasteiger partial charge in [0.1, 0.15) is 10.7 Å². The number of hydrogen-bond donors (Lipinski definition) is 1. The summed E-state index contributed by atoms with van der Waals surface area (Å²) < 4.78 is 26.8. The first-order chi connectivity index (χ1) is 9.03. The molecule has 0 radical (unpaired) electrons. The number of halogens is 1. The molecule has 0 atom stereocenters. The second-order valence-electron chi connectivity index (χ2n) is 3.94. The Morgan fingerprint density at radius 1 is 1.26 bits per heavy atom. The molecule has 6 heteroatoms. The number of hydrogen-bond acceptors (Lipinski definition) is 3. The van der Waals surface area contributed by atoms with Crippen LogP contribution in [-0.2, 0) is 16.4 Å². The fourth-order valence-electron chi connectivity index (χ4n) is 1.61. The number of sulfonamides is 1. The third kappa shape index (κ3) is 3.24. The molecule has 0 bridgehead atoms. The lowest BCUT2D eigenvalue weighted by atomic mass is 10.2. The topological polar surface area (TPSA) is 59.1 Å². The molecule has 0 aliphatic rings. The largest absolute Gasteiger partial charge is 0.264 e. The predicted octanol–water partition coefficient (Wildman–Crippen LogP) is 3.10. The zero-order valence-electron chi connectivity index (χ0n) is 10.3. The predicted molar refractivity (Wildman–Crippen MR) is 75.9 cm³/mol. The highest BCUT2D eigenvalue weighted by atomic mass is 35.5. The molecule has 1 heterocycles. The van der Waals surface area contributed by atoms with Gasteiger partial charge in [0.15, 0.2) is 0 Å². The molecule has 1 N–H and O–H groups in total. The van der Waals surface area contributed by atoms with Crippen LogP contribution in [0.3, 0.4) is 0 Å². The maximum absolute atomic E-state index is 12.2. The molecule has 0 fully saturated rings. The van der Waals surface area contributed by atoms with E-state index in [1.165, 1.54) is 12.1 Å². The quantitative estimate of drug-likeness (QED) is 0.943. The maximum Gasteiger partial charge on any atom is 0.264 e. The summed E-state index contributed by atoms with van der Waals surface area (Å²) >= 11 is 5.89. The summed E-state index contributed by atoms with van der Waals surface area (Å²) in [5.74, 6) is 0.291. The molecule has 4 nitrogen and oxygen atoms in total. The smallest absolute Gasteiger partial charge is 0.263 e. The minimum atomic E-state index is -3.71. The number of aromatic nitrogens is 1. The van der Waals surface area contributed by atoms with E-state index >= 15 is 0 Å². The summed E-state index contributed by atoms with van der Waals surface area (Å²) in [5.41, 5.74) is 1.01. The number of rotatable bonds is 4. The molecule has 1 aromatic carbocycles. The van der Waals surface area contributed by atoms with Gasteiger partial charge in [-0.3, -0.25) is 4.72 Å². The zero-order valence-corrected chi connectivity index (χ0v) is 11.9. The Morgan fingerprint density at radius 2 is 2.00 bits per heavy atom. The average Bonchev–Trinajstić information content (AvgIpc) is 2.38. The third-order valence-electron chi connectivity index (χ3n) is 2.60. The molecule has 0 saturated heterocycles. The van der Waals surface area contributed by atoms with Gasteiger partial charge in [-0.25, -0.2) is 13.4 Å². The summed E-state index contributed by atoms with van der Waals surface area (Å²) in [6.45, 7) is 1.99. The van der Waals surface area contributed by atoms with Crippen molar-refractivity contribution in [3.8, 4) is 0 Å². The first-order valence-electron chi connectivity index (χ1n) is 5.75. The molecular weight excluding hydrogens is 284 g/mol. The fraction of sp³-hybridized carbons (Fsp3) is 0.154. The number of anilines is 1. The Morgan fingerprint density at radius 3 is 2.68 bits per heavy atom. The number of pyridine rings is 1. The lowest BCUT2D eigenvalue weighted by molar-refractivity contribution is 0.601. The number of benzene rings is 1. The minimum Gasteiger partial charge on any atom is -0.263 e. The molecule has 1 aromatic heterocycles. The van der Waals surface area contributed by atoms with Gasteiger partial charge in [0, 0.05) is 6.20 Å². The Hall–Kier alpha value is -1.59. The van der Waals surface area contributed by atoms with E-state index < -0.39 is 10.0 Å². The molecular formula is C13H13ClN2O2S. The van der Waals surface area contributed by atoms with Crippen LogP contribution in [0.4, 0.5) is 5.82 Å². The van der Waals surface area contributed by atoms with Crippen LogP contribution < -0.4 is 4.72 Å². The molecule has 2 aromatic rings. The zero-order chi connectivity index (χ0) is 13.9. The van der Waals surface area contributed by atoms with E-state index in [2.05, 4.69) is 9.71 Å². The highest BCUT2D eigenvalue weighted by molar-refractivity contribution is 7.92. The summed E-state index contributed by atoms with van der Waals surface area (Å²) in [6.07, 6.45) is 2.38. The SMILES string of the molecule is CCc1ccnc(NS(=O)(=O)c2ccccc2Cl)c1. The Balaban J connectivity index is 2.34. The van der Waals surface area contributed by atoms with E-state index in [1.54, 1.807) is 24.4 Å². The lowest BCUT2D eigenvalue weighted by Gasteiger charge is -2.09. The highest BCUT2D eigenvalue weighted by Crippen LogP contribution is 2.22. The minimum absolute atomic E-state index is 0.0420. The van der Waals surface area contributed by atoms with Crippen molar-refractivity contribution < 1.29 is 8.42 Å². The molecule has 0 amide bonds. The van der Waals surface area contributed by atoms with E-state index in [0.717, 1.165) is 12.0 Å². The van der Waals surface area contributed by atoms with Crippen LogP contribution in [0.25, 0.3) is 0 Å². The van der Waals surface area contributed by atoms with Gasteiger partial charge < -0.3 is 0 Å². The van der Waals surface area contributed by atoms with Gasteiger partial charge in [-0.05, 0) is 36.2 Å². The molecule has 0 saturated carbocycles. The van der Waals surface area contributed by atoms with Gasteiger partial charge >= 0.3 is 0 Å². The van der Waals surface area contributed by atoms with Crippen LogP contribution in [0.2, 0.25) is 5.02 Å². The molecule has 0 unspecified atom stereocenters. The van der Waals surface area contributed by atoms with Crippen molar-refractivity contribution in [2.75, 3.05) is 4.72 Å². The van der Waals surface area contributed by atoms with Crippen molar-refractivity contribution in [3.63, 3.8) is 0 Å². The van der Waals surface area contributed by atoms with Gasteiger partial charge in [-0.1, -0.05) is 30.7 Å². The van der Waals surface area contributed by atoms with Crippen LogP contribution in [0.5, 0.6) is 0 Å². The Labute approximate surface area is 117 Å². The average molecular weight is 297 g/mol.